The van der Waals surface area contributed by atoms with E-state index in [0.29, 0.717) is 28.6 Å². The van der Waals surface area contributed by atoms with Crippen LogP contribution in [0.1, 0.15) is 5.56 Å². The van der Waals surface area contributed by atoms with Crippen LogP contribution in [0.25, 0.3) is 0 Å². The maximum absolute atomic E-state index is 13.5. The summed E-state index contributed by atoms with van der Waals surface area (Å²) in [6.07, 6.45) is 0.469. The van der Waals surface area contributed by atoms with Gasteiger partial charge in [-0.15, -0.1) is 0 Å². The molecule has 2 amide bonds. The van der Waals surface area contributed by atoms with Gasteiger partial charge >= 0.3 is 0 Å². The van der Waals surface area contributed by atoms with Gasteiger partial charge in [-0.05, 0) is 48.4 Å². The summed E-state index contributed by atoms with van der Waals surface area (Å²) in [5.74, 6) is -0.305. The van der Waals surface area contributed by atoms with Gasteiger partial charge in [0.2, 0.25) is 5.91 Å². The van der Waals surface area contributed by atoms with Gasteiger partial charge in [0.1, 0.15) is 22.4 Å². The standard InChI is InChI=1S/C26H20BrN3O3S/c1-33-22-10-6-5-9-21(22)29-24(31)20(16-28)26-30(19-7-3-2-4-8-19)25(32)23(34-26)15-17-11-13-18(27)14-12-17/h2-14,23H,15H2,1H3,(H,29,31). The Morgan fingerprint density at radius 3 is 2.44 bits per heavy atom. The zero-order valence-corrected chi connectivity index (χ0v) is 20.6. The molecular weight excluding hydrogens is 514 g/mol. The lowest BCUT2D eigenvalue weighted by atomic mass is 10.1. The molecule has 1 atom stereocenters. The van der Waals surface area contributed by atoms with Crippen molar-refractivity contribution in [1.29, 1.82) is 5.26 Å². The number of ether oxygens (including phenoxy) is 1. The van der Waals surface area contributed by atoms with E-state index in [0.717, 1.165) is 10.0 Å². The predicted molar refractivity (Wildman–Crippen MR) is 137 cm³/mol. The molecule has 0 radical (unpaired) electrons. The lowest BCUT2D eigenvalue weighted by molar-refractivity contribution is -0.117. The minimum Gasteiger partial charge on any atom is -0.495 e. The highest BCUT2D eigenvalue weighted by molar-refractivity contribution is 9.10. The molecule has 1 unspecified atom stereocenters. The number of amides is 2. The number of hydrogen-bond donors (Lipinski definition) is 1. The van der Waals surface area contributed by atoms with Crippen LogP contribution in [0.5, 0.6) is 5.75 Å². The molecule has 4 rings (SSSR count). The number of rotatable bonds is 6. The third kappa shape index (κ3) is 5.01. The minimum absolute atomic E-state index is 0.133. The van der Waals surface area contributed by atoms with Crippen LogP contribution in [0.2, 0.25) is 0 Å². The first kappa shape index (κ1) is 23.6. The van der Waals surface area contributed by atoms with Gasteiger partial charge in [0.15, 0.2) is 0 Å². The third-order valence-electron chi connectivity index (χ3n) is 5.21. The number of thioether (sulfide) groups is 1. The highest BCUT2D eigenvalue weighted by Crippen LogP contribution is 2.42. The second kappa shape index (κ2) is 10.6. The molecule has 0 bridgehead atoms. The van der Waals surface area contributed by atoms with Crippen molar-refractivity contribution in [2.24, 2.45) is 0 Å². The fourth-order valence-corrected chi connectivity index (χ4v) is 5.14. The third-order valence-corrected chi connectivity index (χ3v) is 7.00. The van der Waals surface area contributed by atoms with E-state index < -0.39 is 11.2 Å². The highest BCUT2D eigenvalue weighted by atomic mass is 79.9. The van der Waals surface area contributed by atoms with Crippen LogP contribution in [0.3, 0.4) is 0 Å². The van der Waals surface area contributed by atoms with Crippen LogP contribution in [-0.2, 0) is 16.0 Å². The lowest BCUT2D eigenvalue weighted by Gasteiger charge is -2.18. The van der Waals surface area contributed by atoms with E-state index in [1.165, 1.54) is 23.8 Å². The maximum atomic E-state index is 13.5. The smallest absolute Gasteiger partial charge is 0.269 e. The Kier molecular flexibility index (Phi) is 7.36. The lowest BCUT2D eigenvalue weighted by Crippen LogP contribution is -2.30. The number of nitriles is 1. The van der Waals surface area contributed by atoms with Gasteiger partial charge in [0, 0.05) is 10.2 Å². The Bertz CT molecular complexity index is 1290. The molecule has 170 valence electrons. The number of methoxy groups -OCH3 is 1. The Hall–Kier alpha value is -3.54. The van der Waals surface area contributed by atoms with Gasteiger partial charge in [-0.3, -0.25) is 14.5 Å². The SMILES string of the molecule is COc1ccccc1NC(=O)C(C#N)=C1SC(Cc2ccc(Br)cc2)C(=O)N1c1ccccc1. The Morgan fingerprint density at radius 2 is 1.76 bits per heavy atom. The van der Waals surface area contributed by atoms with Crippen LogP contribution < -0.4 is 15.0 Å². The number of para-hydroxylation sites is 3. The first-order valence-electron chi connectivity index (χ1n) is 10.4. The van der Waals surface area contributed by atoms with Crippen LogP contribution >= 0.6 is 27.7 Å². The number of nitrogens with one attached hydrogen (secondary N) is 1. The molecule has 0 aromatic heterocycles. The average molecular weight is 534 g/mol. The summed E-state index contributed by atoms with van der Waals surface area (Å²) < 4.78 is 6.25. The zero-order valence-electron chi connectivity index (χ0n) is 18.2. The number of nitrogens with zero attached hydrogens (tertiary/aromatic N) is 2. The Morgan fingerprint density at radius 1 is 1.09 bits per heavy atom. The molecule has 1 N–H and O–H groups in total. The first-order valence-corrected chi connectivity index (χ1v) is 12.1. The molecule has 3 aromatic rings. The fraction of sp³-hybridized carbons (Fsp3) is 0.115. The minimum atomic E-state index is -0.604. The van der Waals surface area contributed by atoms with E-state index in [2.05, 4.69) is 21.2 Å². The van der Waals surface area contributed by atoms with Crippen LogP contribution in [0, 0.1) is 11.3 Å². The molecule has 34 heavy (non-hydrogen) atoms. The van der Waals surface area contributed by atoms with Crippen LogP contribution in [0.15, 0.2) is 93.9 Å². The number of carbonyl (C=O) groups is 2. The van der Waals surface area contributed by atoms with Crippen molar-refractivity contribution >= 4 is 50.9 Å². The molecule has 1 aliphatic rings. The van der Waals surface area contributed by atoms with Gasteiger partial charge in [-0.2, -0.15) is 5.26 Å². The summed E-state index contributed by atoms with van der Waals surface area (Å²) in [6.45, 7) is 0. The van der Waals surface area contributed by atoms with Crippen molar-refractivity contribution < 1.29 is 14.3 Å². The second-order valence-corrected chi connectivity index (χ2v) is 9.50. The molecular formula is C26H20BrN3O3S. The summed E-state index contributed by atoms with van der Waals surface area (Å²) in [4.78, 5) is 28.1. The number of hydrogen-bond acceptors (Lipinski definition) is 5. The molecule has 1 saturated heterocycles. The number of halogens is 1. The van der Waals surface area contributed by atoms with Crippen molar-refractivity contribution in [2.75, 3.05) is 17.3 Å². The topological polar surface area (TPSA) is 82.4 Å². The monoisotopic (exact) mass is 533 g/mol. The largest absolute Gasteiger partial charge is 0.495 e. The second-order valence-electron chi connectivity index (χ2n) is 7.39. The molecule has 1 heterocycles. The summed E-state index contributed by atoms with van der Waals surface area (Å²) in [5, 5.41) is 12.5. The number of benzene rings is 3. The molecule has 1 aliphatic heterocycles. The quantitative estimate of drug-likeness (QED) is 0.333. The van der Waals surface area contributed by atoms with Gasteiger partial charge in [0.05, 0.1) is 18.0 Å². The first-order chi connectivity index (χ1) is 16.5. The van der Waals surface area contributed by atoms with E-state index in [-0.39, 0.29) is 11.5 Å². The molecule has 6 nitrogen and oxygen atoms in total. The molecule has 0 spiro atoms. The maximum Gasteiger partial charge on any atom is 0.269 e. The van der Waals surface area contributed by atoms with Crippen LogP contribution in [-0.4, -0.2) is 24.2 Å². The predicted octanol–water partition coefficient (Wildman–Crippen LogP) is 5.52. The Labute approximate surface area is 210 Å². The fourth-order valence-electron chi connectivity index (χ4n) is 3.57. The molecule has 3 aromatic carbocycles. The van der Waals surface area contributed by atoms with E-state index in [1.54, 1.807) is 36.4 Å². The van der Waals surface area contributed by atoms with E-state index in [1.807, 2.05) is 48.5 Å². The zero-order chi connectivity index (χ0) is 24.1. The summed E-state index contributed by atoms with van der Waals surface area (Å²) >= 11 is 4.66. The molecule has 0 aliphatic carbocycles. The highest BCUT2D eigenvalue weighted by Gasteiger charge is 2.40. The summed E-state index contributed by atoms with van der Waals surface area (Å²) in [7, 11) is 1.50. The number of anilines is 2. The molecule has 8 heteroatoms. The summed E-state index contributed by atoms with van der Waals surface area (Å²) in [5.41, 5.74) is 1.90. The molecule has 1 fully saturated rings. The van der Waals surface area contributed by atoms with Crippen molar-refractivity contribution in [1.82, 2.24) is 0 Å². The number of carbonyl (C=O) groups excluding carboxylic acids is 2. The van der Waals surface area contributed by atoms with Crippen molar-refractivity contribution in [3.63, 3.8) is 0 Å². The van der Waals surface area contributed by atoms with Gasteiger partial charge < -0.3 is 10.1 Å². The van der Waals surface area contributed by atoms with Crippen LogP contribution in [0.4, 0.5) is 11.4 Å². The van der Waals surface area contributed by atoms with Gasteiger partial charge in [-0.1, -0.05) is 70.2 Å². The van der Waals surface area contributed by atoms with Crippen molar-refractivity contribution in [3.05, 3.63) is 99.5 Å². The molecule has 0 saturated carbocycles. The van der Waals surface area contributed by atoms with Gasteiger partial charge in [0.25, 0.3) is 5.91 Å². The van der Waals surface area contributed by atoms with Gasteiger partial charge in [-0.25, -0.2) is 0 Å². The van der Waals surface area contributed by atoms with E-state index >= 15 is 0 Å². The van der Waals surface area contributed by atoms with E-state index in [9.17, 15) is 14.9 Å². The Balaban J connectivity index is 1.71. The van der Waals surface area contributed by atoms with Crippen molar-refractivity contribution in [3.8, 4) is 11.8 Å². The normalized spacial score (nSPS) is 16.7. The average Bonchev–Trinajstić information content (AvgIpc) is 3.17. The van der Waals surface area contributed by atoms with E-state index in [4.69, 9.17) is 4.74 Å². The summed E-state index contributed by atoms with van der Waals surface area (Å²) in [6, 6.07) is 25.8. The van der Waals surface area contributed by atoms with Crippen molar-refractivity contribution in [2.45, 2.75) is 11.7 Å².